The molecule has 0 saturated heterocycles. The Labute approximate surface area is 177 Å². The van der Waals surface area contributed by atoms with E-state index in [1.165, 1.54) is 24.9 Å². The van der Waals surface area contributed by atoms with E-state index in [1.807, 2.05) is 24.3 Å². The molecule has 0 spiro atoms. The topological polar surface area (TPSA) is 98.9 Å². The number of hydrogen-bond donors (Lipinski definition) is 1. The summed E-state index contributed by atoms with van der Waals surface area (Å²) in [7, 11) is 2.88. The van der Waals surface area contributed by atoms with Crippen molar-refractivity contribution in [3.63, 3.8) is 0 Å². The minimum absolute atomic E-state index is 0.0197. The number of ether oxygens (including phenoxy) is 2. The number of benzene rings is 1. The van der Waals surface area contributed by atoms with Gasteiger partial charge in [-0.15, -0.1) is 11.8 Å². The first-order chi connectivity index (χ1) is 14.5. The molecule has 3 aromatic rings. The van der Waals surface area contributed by atoms with Crippen molar-refractivity contribution in [3.8, 4) is 11.5 Å². The molecule has 0 radical (unpaired) electrons. The van der Waals surface area contributed by atoms with Crippen LogP contribution in [0.2, 0.25) is 0 Å². The molecule has 156 valence electrons. The zero-order valence-electron chi connectivity index (χ0n) is 16.5. The summed E-state index contributed by atoms with van der Waals surface area (Å²) in [6.07, 6.45) is 3.05. The van der Waals surface area contributed by atoms with E-state index < -0.39 is 23.1 Å². The van der Waals surface area contributed by atoms with Crippen LogP contribution in [0.3, 0.4) is 0 Å². The highest BCUT2D eigenvalue weighted by Crippen LogP contribution is 2.34. The molecule has 2 aromatic heterocycles. The van der Waals surface area contributed by atoms with Crippen LogP contribution in [0.4, 0.5) is 0 Å². The van der Waals surface area contributed by atoms with Gasteiger partial charge in [-0.3, -0.25) is 14.6 Å². The van der Waals surface area contributed by atoms with Crippen LogP contribution >= 0.6 is 11.8 Å². The minimum atomic E-state index is -0.704. The van der Waals surface area contributed by atoms with Gasteiger partial charge in [-0.2, -0.15) is 0 Å². The molecule has 0 unspecified atom stereocenters. The van der Waals surface area contributed by atoms with Gasteiger partial charge >= 0.3 is 5.97 Å². The molecule has 1 N–H and O–H groups in total. The Morgan fingerprint density at radius 1 is 1.23 bits per heavy atom. The Balaban J connectivity index is 1.91. The smallest absolute Gasteiger partial charge is 0.306 e. The maximum Gasteiger partial charge on any atom is 0.306 e. The van der Waals surface area contributed by atoms with Gasteiger partial charge in [0.15, 0.2) is 5.76 Å². The quantitative estimate of drug-likeness (QED) is 0.429. The fourth-order valence-electron chi connectivity index (χ4n) is 2.88. The lowest BCUT2D eigenvalue weighted by Crippen LogP contribution is -2.14. The number of carbonyl (C=O) groups excluding carboxylic acids is 1. The maximum absolute atomic E-state index is 12.4. The number of pyridine rings is 1. The van der Waals surface area contributed by atoms with E-state index >= 15 is 0 Å². The van der Waals surface area contributed by atoms with Crippen LogP contribution in [-0.2, 0) is 15.3 Å². The van der Waals surface area contributed by atoms with E-state index in [1.54, 1.807) is 31.6 Å². The van der Waals surface area contributed by atoms with Gasteiger partial charge in [0.1, 0.15) is 11.5 Å². The number of aromatic hydroxyl groups is 1. The number of rotatable bonds is 8. The standard InChI is InChI=1S/C22H21NO6S/c1-27-15-5-7-17(8-6-15)30-13-16-10-19(24)21(26)22(29-16)18(11-20(25)28-2)14-4-3-9-23-12-14/h3-10,12,18,26H,11,13H2,1-2H3/t18-/m0/s1. The normalized spacial score (nSPS) is 11.7. The van der Waals surface area contributed by atoms with Crippen LogP contribution in [0, 0.1) is 0 Å². The highest BCUT2D eigenvalue weighted by Gasteiger charge is 2.26. The SMILES string of the molecule is COC(=O)C[C@@H](c1cccnc1)c1oc(CSc2ccc(OC)cc2)cc(=O)c1O. The Morgan fingerprint density at radius 2 is 2.00 bits per heavy atom. The maximum atomic E-state index is 12.4. The molecule has 3 rings (SSSR count). The molecule has 2 heterocycles. The first kappa shape index (κ1) is 21.4. The summed E-state index contributed by atoms with van der Waals surface area (Å²) in [4.78, 5) is 29.4. The van der Waals surface area contributed by atoms with Crippen LogP contribution in [-0.4, -0.2) is 30.3 Å². The fourth-order valence-corrected chi connectivity index (χ4v) is 3.66. The predicted molar refractivity (Wildman–Crippen MR) is 112 cm³/mol. The molecule has 0 aliphatic heterocycles. The van der Waals surface area contributed by atoms with E-state index in [-0.39, 0.29) is 12.2 Å². The average molecular weight is 427 g/mol. The van der Waals surface area contributed by atoms with Crippen molar-refractivity contribution in [2.45, 2.75) is 23.0 Å². The molecule has 0 amide bonds. The molecule has 30 heavy (non-hydrogen) atoms. The average Bonchev–Trinajstić information content (AvgIpc) is 2.79. The Morgan fingerprint density at radius 3 is 2.63 bits per heavy atom. The third-order valence-corrected chi connectivity index (χ3v) is 5.48. The number of carbonyl (C=O) groups is 1. The second kappa shape index (κ2) is 9.98. The molecule has 1 aromatic carbocycles. The molecule has 1 atom stereocenters. The van der Waals surface area contributed by atoms with Crippen molar-refractivity contribution in [2.24, 2.45) is 0 Å². The van der Waals surface area contributed by atoms with E-state index in [0.717, 1.165) is 10.6 Å². The highest BCUT2D eigenvalue weighted by atomic mass is 32.2. The monoisotopic (exact) mass is 427 g/mol. The van der Waals surface area contributed by atoms with Crippen molar-refractivity contribution >= 4 is 17.7 Å². The highest BCUT2D eigenvalue weighted by molar-refractivity contribution is 7.98. The van der Waals surface area contributed by atoms with Crippen LogP contribution in [0.1, 0.15) is 29.4 Å². The van der Waals surface area contributed by atoms with Crippen molar-refractivity contribution < 1.29 is 23.8 Å². The molecule has 0 aliphatic rings. The van der Waals surface area contributed by atoms with Crippen molar-refractivity contribution in [2.75, 3.05) is 14.2 Å². The van der Waals surface area contributed by atoms with Crippen molar-refractivity contribution in [1.29, 1.82) is 0 Å². The first-order valence-electron chi connectivity index (χ1n) is 9.11. The van der Waals surface area contributed by atoms with Gasteiger partial charge in [-0.05, 0) is 35.9 Å². The number of thioether (sulfide) groups is 1. The lowest BCUT2D eigenvalue weighted by atomic mass is 9.93. The predicted octanol–water partition coefficient (Wildman–Crippen LogP) is 3.74. The summed E-state index contributed by atoms with van der Waals surface area (Å²) in [5, 5.41) is 10.4. The van der Waals surface area contributed by atoms with Gasteiger partial charge in [0.2, 0.25) is 11.2 Å². The summed E-state index contributed by atoms with van der Waals surface area (Å²) in [5.74, 6) is -0.203. The Kier molecular flexibility index (Phi) is 7.13. The van der Waals surface area contributed by atoms with Crippen molar-refractivity contribution in [3.05, 3.63) is 82.2 Å². The summed E-state index contributed by atoms with van der Waals surface area (Å²) in [6.45, 7) is 0. The molecule has 0 saturated carbocycles. The van der Waals surface area contributed by atoms with Crippen LogP contribution < -0.4 is 10.2 Å². The summed E-state index contributed by atoms with van der Waals surface area (Å²) in [5.41, 5.74) is 0.0571. The van der Waals surface area contributed by atoms with Gasteiger partial charge < -0.3 is 19.0 Å². The lowest BCUT2D eigenvalue weighted by molar-refractivity contribution is -0.140. The van der Waals surface area contributed by atoms with Gasteiger partial charge in [-0.25, -0.2) is 0 Å². The Hall–Kier alpha value is -3.26. The molecule has 0 aliphatic carbocycles. The fraction of sp³-hybridized carbons (Fsp3) is 0.227. The molecule has 0 bridgehead atoms. The third kappa shape index (κ3) is 5.21. The van der Waals surface area contributed by atoms with Gasteiger partial charge in [0, 0.05) is 23.4 Å². The zero-order chi connectivity index (χ0) is 21.5. The second-order valence-electron chi connectivity index (χ2n) is 6.37. The molecule has 0 fully saturated rings. The summed E-state index contributed by atoms with van der Waals surface area (Å²) < 4.78 is 15.8. The molecular weight excluding hydrogens is 406 g/mol. The number of esters is 1. The van der Waals surface area contributed by atoms with Gasteiger partial charge in [-0.1, -0.05) is 6.07 Å². The first-order valence-corrected chi connectivity index (χ1v) is 10.1. The number of aromatic nitrogens is 1. The van der Waals surface area contributed by atoms with E-state index in [4.69, 9.17) is 13.9 Å². The summed E-state index contributed by atoms with van der Waals surface area (Å²) >= 11 is 1.47. The van der Waals surface area contributed by atoms with E-state index in [0.29, 0.717) is 17.1 Å². The van der Waals surface area contributed by atoms with Crippen LogP contribution in [0.25, 0.3) is 0 Å². The van der Waals surface area contributed by atoms with Gasteiger partial charge in [0.05, 0.1) is 32.3 Å². The second-order valence-corrected chi connectivity index (χ2v) is 7.42. The van der Waals surface area contributed by atoms with Crippen LogP contribution in [0.5, 0.6) is 11.5 Å². The Bertz CT molecular complexity index is 1050. The van der Waals surface area contributed by atoms with E-state index in [2.05, 4.69) is 4.98 Å². The summed E-state index contributed by atoms with van der Waals surface area (Å²) in [6, 6.07) is 12.2. The van der Waals surface area contributed by atoms with Crippen LogP contribution in [0.15, 0.2) is 69.0 Å². The van der Waals surface area contributed by atoms with E-state index in [9.17, 15) is 14.7 Å². The van der Waals surface area contributed by atoms with Gasteiger partial charge in [0.25, 0.3) is 0 Å². The third-order valence-electron chi connectivity index (χ3n) is 4.44. The number of methoxy groups -OCH3 is 2. The number of hydrogen-bond acceptors (Lipinski definition) is 8. The molecule has 7 nitrogen and oxygen atoms in total. The minimum Gasteiger partial charge on any atom is -0.502 e. The van der Waals surface area contributed by atoms with Crippen molar-refractivity contribution in [1.82, 2.24) is 4.98 Å². The number of nitrogens with zero attached hydrogens (tertiary/aromatic N) is 1. The molecular formula is C22H21NO6S. The zero-order valence-corrected chi connectivity index (χ0v) is 17.3. The molecule has 8 heteroatoms. The lowest BCUT2D eigenvalue weighted by Gasteiger charge is -2.17. The largest absolute Gasteiger partial charge is 0.502 e.